The molecule has 2 fully saturated rings. The van der Waals surface area contributed by atoms with Crippen molar-refractivity contribution in [1.29, 1.82) is 0 Å². The van der Waals surface area contributed by atoms with Crippen LogP contribution in [0.25, 0.3) is 0 Å². The van der Waals surface area contributed by atoms with E-state index in [2.05, 4.69) is 52.1 Å². The molecule has 2 aliphatic heterocycles. The van der Waals surface area contributed by atoms with Crippen molar-refractivity contribution in [1.82, 2.24) is 19.8 Å². The minimum absolute atomic E-state index is 0.0613. The Labute approximate surface area is 188 Å². The van der Waals surface area contributed by atoms with Crippen LogP contribution in [0.15, 0.2) is 73.3 Å². The number of aromatic nitrogens is 2. The molecule has 2 aliphatic rings. The number of aryl methyl sites for hydroxylation is 1. The number of ether oxygens (including phenoxy) is 1. The second-order valence-corrected chi connectivity index (χ2v) is 8.82. The van der Waals surface area contributed by atoms with E-state index >= 15 is 0 Å². The van der Waals surface area contributed by atoms with Crippen LogP contribution in [0.4, 0.5) is 0 Å². The summed E-state index contributed by atoms with van der Waals surface area (Å²) in [6, 6.07) is 16.5. The highest BCUT2D eigenvalue weighted by Gasteiger charge is 2.56. The third kappa shape index (κ3) is 4.04. The molecule has 0 saturated carbocycles. The number of carbonyl (C=O) groups excluding carboxylic acids is 1. The van der Waals surface area contributed by atoms with E-state index < -0.39 is 5.60 Å². The average Bonchev–Trinajstić information content (AvgIpc) is 3.17. The monoisotopic (exact) mass is 428 g/mol. The zero-order valence-electron chi connectivity index (χ0n) is 18.4. The standard InChI is InChI=1S/C26H28N4O2/c1-20-4-2-5-22(14-20)16-29-18-24(23-6-3-9-28-15-23)26(19-29)25(31)30(12-13-32-26)17-21-7-10-27-11-8-21/h2-11,14-15,24H,12-13,16-19H2,1H3/t24-,26-/m0/s1. The molecule has 1 amide bonds. The molecule has 1 spiro atoms. The van der Waals surface area contributed by atoms with Gasteiger partial charge in [0, 0.05) is 63.4 Å². The Morgan fingerprint density at radius 2 is 1.91 bits per heavy atom. The van der Waals surface area contributed by atoms with Crippen molar-refractivity contribution < 1.29 is 9.53 Å². The van der Waals surface area contributed by atoms with Crippen LogP contribution in [0.5, 0.6) is 0 Å². The number of hydrogen-bond donors (Lipinski definition) is 0. The summed E-state index contributed by atoms with van der Waals surface area (Å²) in [5.74, 6) is 0.00917. The van der Waals surface area contributed by atoms with Gasteiger partial charge in [-0.1, -0.05) is 35.9 Å². The topological polar surface area (TPSA) is 58.6 Å². The zero-order chi connectivity index (χ0) is 22.0. The summed E-state index contributed by atoms with van der Waals surface area (Å²) in [5, 5.41) is 0. The van der Waals surface area contributed by atoms with Gasteiger partial charge in [0.25, 0.3) is 5.91 Å². The van der Waals surface area contributed by atoms with E-state index in [-0.39, 0.29) is 11.8 Å². The number of carbonyl (C=O) groups is 1. The van der Waals surface area contributed by atoms with E-state index in [0.717, 1.165) is 24.2 Å². The van der Waals surface area contributed by atoms with Crippen molar-refractivity contribution in [3.63, 3.8) is 0 Å². The molecule has 164 valence electrons. The molecule has 1 aromatic carbocycles. The second-order valence-electron chi connectivity index (χ2n) is 8.82. The van der Waals surface area contributed by atoms with E-state index in [0.29, 0.717) is 26.2 Å². The summed E-state index contributed by atoms with van der Waals surface area (Å²) in [7, 11) is 0. The van der Waals surface area contributed by atoms with Gasteiger partial charge in [-0.3, -0.25) is 19.7 Å². The van der Waals surface area contributed by atoms with Crippen molar-refractivity contribution in [3.8, 4) is 0 Å². The second kappa shape index (κ2) is 8.81. The highest BCUT2D eigenvalue weighted by atomic mass is 16.5. The van der Waals surface area contributed by atoms with Crippen LogP contribution in [-0.4, -0.2) is 57.5 Å². The van der Waals surface area contributed by atoms with Crippen LogP contribution in [0.1, 0.15) is 28.2 Å². The predicted octanol–water partition coefficient (Wildman–Crippen LogP) is 3.18. The normalized spacial score (nSPS) is 23.7. The summed E-state index contributed by atoms with van der Waals surface area (Å²) < 4.78 is 6.39. The van der Waals surface area contributed by atoms with Gasteiger partial charge in [-0.15, -0.1) is 0 Å². The Hall–Kier alpha value is -3.09. The molecule has 0 unspecified atom stereocenters. The Bertz CT molecular complexity index is 1080. The molecule has 0 bridgehead atoms. The molecule has 2 saturated heterocycles. The lowest BCUT2D eigenvalue weighted by molar-refractivity contribution is -0.173. The molecule has 32 heavy (non-hydrogen) atoms. The molecular weight excluding hydrogens is 400 g/mol. The number of hydrogen-bond acceptors (Lipinski definition) is 5. The summed E-state index contributed by atoms with van der Waals surface area (Å²) in [6.07, 6.45) is 7.19. The maximum atomic E-state index is 13.9. The van der Waals surface area contributed by atoms with Crippen molar-refractivity contribution in [2.45, 2.75) is 31.5 Å². The lowest BCUT2D eigenvalue weighted by Gasteiger charge is -2.42. The summed E-state index contributed by atoms with van der Waals surface area (Å²) in [6.45, 7) is 5.94. The van der Waals surface area contributed by atoms with Gasteiger partial charge in [-0.05, 0) is 41.8 Å². The fourth-order valence-corrected chi connectivity index (χ4v) is 5.05. The Kier molecular flexibility index (Phi) is 5.72. The first-order valence-electron chi connectivity index (χ1n) is 11.1. The zero-order valence-corrected chi connectivity index (χ0v) is 18.4. The van der Waals surface area contributed by atoms with Crippen molar-refractivity contribution in [3.05, 3.63) is 95.6 Å². The van der Waals surface area contributed by atoms with Gasteiger partial charge in [0.15, 0.2) is 5.60 Å². The average molecular weight is 429 g/mol. The van der Waals surface area contributed by atoms with Crippen molar-refractivity contribution >= 4 is 5.91 Å². The largest absolute Gasteiger partial charge is 0.361 e. The number of nitrogens with zero attached hydrogens (tertiary/aromatic N) is 4. The Morgan fingerprint density at radius 3 is 2.69 bits per heavy atom. The highest BCUT2D eigenvalue weighted by Crippen LogP contribution is 2.42. The minimum atomic E-state index is -0.891. The van der Waals surface area contributed by atoms with E-state index in [1.807, 2.05) is 29.3 Å². The third-order valence-electron chi connectivity index (χ3n) is 6.53. The number of likely N-dealkylation sites (tertiary alicyclic amines) is 1. The first kappa shape index (κ1) is 20.8. The molecule has 4 heterocycles. The molecule has 6 heteroatoms. The van der Waals surface area contributed by atoms with Gasteiger partial charge in [-0.25, -0.2) is 0 Å². The van der Waals surface area contributed by atoms with E-state index in [4.69, 9.17) is 4.74 Å². The van der Waals surface area contributed by atoms with Crippen molar-refractivity contribution in [2.75, 3.05) is 26.2 Å². The Morgan fingerprint density at radius 1 is 1.03 bits per heavy atom. The lowest BCUT2D eigenvalue weighted by atomic mass is 9.83. The van der Waals surface area contributed by atoms with Gasteiger partial charge < -0.3 is 9.64 Å². The van der Waals surface area contributed by atoms with Gasteiger partial charge >= 0.3 is 0 Å². The Balaban J connectivity index is 1.45. The quantitative estimate of drug-likeness (QED) is 0.625. The molecule has 3 aromatic rings. The number of benzene rings is 1. The van der Waals surface area contributed by atoms with Crippen LogP contribution in [0.2, 0.25) is 0 Å². The molecule has 2 atom stereocenters. The minimum Gasteiger partial charge on any atom is -0.361 e. The van der Waals surface area contributed by atoms with Gasteiger partial charge in [0.2, 0.25) is 0 Å². The molecule has 6 nitrogen and oxygen atoms in total. The molecule has 0 aliphatic carbocycles. The van der Waals surface area contributed by atoms with E-state index in [1.54, 1.807) is 18.6 Å². The highest BCUT2D eigenvalue weighted by molar-refractivity contribution is 5.88. The number of rotatable bonds is 5. The van der Waals surface area contributed by atoms with Crippen LogP contribution in [0.3, 0.4) is 0 Å². The predicted molar refractivity (Wildman–Crippen MR) is 122 cm³/mol. The van der Waals surface area contributed by atoms with Gasteiger partial charge in [0.05, 0.1) is 6.61 Å². The van der Waals surface area contributed by atoms with Gasteiger partial charge in [-0.2, -0.15) is 0 Å². The van der Waals surface area contributed by atoms with Crippen LogP contribution < -0.4 is 0 Å². The third-order valence-corrected chi connectivity index (χ3v) is 6.53. The van der Waals surface area contributed by atoms with E-state index in [1.165, 1.54) is 11.1 Å². The summed E-state index contributed by atoms with van der Waals surface area (Å²) in [4.78, 5) is 26.6. The van der Waals surface area contributed by atoms with Crippen LogP contribution in [0, 0.1) is 6.92 Å². The molecule has 2 aromatic heterocycles. The fraction of sp³-hybridized carbons (Fsp3) is 0.346. The fourth-order valence-electron chi connectivity index (χ4n) is 5.05. The van der Waals surface area contributed by atoms with Crippen molar-refractivity contribution in [2.24, 2.45) is 0 Å². The van der Waals surface area contributed by atoms with E-state index in [9.17, 15) is 4.79 Å². The SMILES string of the molecule is Cc1cccc(CN2C[C@@H](c3cccnc3)[C@]3(C2)OCCN(Cc2ccncc2)C3=O)c1. The molecule has 0 radical (unpaired) electrons. The maximum absolute atomic E-state index is 13.9. The maximum Gasteiger partial charge on any atom is 0.257 e. The first-order valence-corrected chi connectivity index (χ1v) is 11.1. The molecule has 0 N–H and O–H groups in total. The lowest BCUT2D eigenvalue weighted by Crippen LogP contribution is -2.59. The number of morpholine rings is 1. The smallest absolute Gasteiger partial charge is 0.257 e. The van der Waals surface area contributed by atoms with Crippen LogP contribution >= 0.6 is 0 Å². The van der Waals surface area contributed by atoms with Crippen LogP contribution in [-0.2, 0) is 22.6 Å². The number of amides is 1. The molecule has 5 rings (SSSR count). The molecular formula is C26H28N4O2. The number of pyridine rings is 2. The summed E-state index contributed by atoms with van der Waals surface area (Å²) >= 11 is 0. The first-order chi connectivity index (χ1) is 15.6. The summed E-state index contributed by atoms with van der Waals surface area (Å²) in [5.41, 5.74) is 3.74. The van der Waals surface area contributed by atoms with Gasteiger partial charge in [0.1, 0.15) is 0 Å².